The van der Waals surface area contributed by atoms with Crippen LogP contribution in [0.2, 0.25) is 0 Å². The monoisotopic (exact) mass is 292 g/mol. The number of hydrogen-bond acceptors (Lipinski definition) is 4. The van der Waals surface area contributed by atoms with Crippen LogP contribution in [0.1, 0.15) is 41.7 Å². The number of carbonyl (C=O) groups is 1. The standard InChI is InChI=1S/C15H24N4O2/c1-11-12(10-17-19(11)7-3-6-16)15(20)18-8-9-21-14-5-2-4-13(14)18/h10,13-14H,2-9,16H2,1H3. The van der Waals surface area contributed by atoms with Crippen LogP contribution >= 0.6 is 0 Å². The van der Waals surface area contributed by atoms with Crippen molar-refractivity contribution < 1.29 is 9.53 Å². The zero-order valence-corrected chi connectivity index (χ0v) is 12.6. The fraction of sp³-hybridized carbons (Fsp3) is 0.733. The maximum absolute atomic E-state index is 12.8. The molecule has 6 nitrogen and oxygen atoms in total. The number of hydrogen-bond donors (Lipinski definition) is 1. The number of amides is 1. The Kier molecular flexibility index (Phi) is 4.26. The molecule has 1 aromatic heterocycles. The van der Waals surface area contributed by atoms with Gasteiger partial charge in [-0.2, -0.15) is 5.10 Å². The summed E-state index contributed by atoms with van der Waals surface area (Å²) in [6, 6.07) is 0.248. The fourth-order valence-corrected chi connectivity index (χ4v) is 3.46. The Balaban J connectivity index is 1.77. The Bertz CT molecular complexity index is 514. The highest BCUT2D eigenvalue weighted by molar-refractivity contribution is 5.95. The minimum Gasteiger partial charge on any atom is -0.374 e. The Labute approximate surface area is 125 Å². The Morgan fingerprint density at radius 1 is 1.52 bits per heavy atom. The zero-order chi connectivity index (χ0) is 14.8. The van der Waals surface area contributed by atoms with E-state index < -0.39 is 0 Å². The molecule has 21 heavy (non-hydrogen) atoms. The molecule has 1 saturated carbocycles. The number of nitrogens with zero attached hydrogens (tertiary/aromatic N) is 3. The van der Waals surface area contributed by atoms with Crippen LogP contribution in [0.4, 0.5) is 0 Å². The number of ether oxygens (including phenoxy) is 1. The average molecular weight is 292 g/mol. The van der Waals surface area contributed by atoms with E-state index in [2.05, 4.69) is 5.10 Å². The van der Waals surface area contributed by atoms with E-state index in [1.165, 1.54) is 0 Å². The van der Waals surface area contributed by atoms with Gasteiger partial charge in [-0.05, 0) is 39.2 Å². The second kappa shape index (κ2) is 6.15. The number of rotatable bonds is 4. The summed E-state index contributed by atoms with van der Waals surface area (Å²) in [6.45, 7) is 4.70. The normalized spacial score (nSPS) is 25.1. The lowest BCUT2D eigenvalue weighted by atomic mass is 10.1. The van der Waals surface area contributed by atoms with Crippen LogP contribution in [-0.2, 0) is 11.3 Å². The van der Waals surface area contributed by atoms with Crippen molar-refractivity contribution in [3.63, 3.8) is 0 Å². The zero-order valence-electron chi connectivity index (χ0n) is 12.6. The summed E-state index contributed by atoms with van der Waals surface area (Å²) in [5, 5.41) is 4.34. The van der Waals surface area contributed by atoms with E-state index >= 15 is 0 Å². The van der Waals surface area contributed by atoms with E-state index in [9.17, 15) is 4.79 Å². The molecule has 116 valence electrons. The maximum atomic E-state index is 12.8. The molecule has 0 spiro atoms. The highest BCUT2D eigenvalue weighted by Gasteiger charge is 2.39. The summed E-state index contributed by atoms with van der Waals surface area (Å²) in [5.74, 6) is 0.103. The fourth-order valence-electron chi connectivity index (χ4n) is 3.46. The van der Waals surface area contributed by atoms with Crippen molar-refractivity contribution >= 4 is 5.91 Å². The molecule has 1 aromatic rings. The van der Waals surface area contributed by atoms with Crippen molar-refractivity contribution in [3.05, 3.63) is 17.5 Å². The predicted molar refractivity (Wildman–Crippen MR) is 79.1 cm³/mol. The number of carbonyl (C=O) groups excluding carboxylic acids is 1. The largest absolute Gasteiger partial charge is 0.374 e. The summed E-state index contributed by atoms with van der Waals surface area (Å²) in [6.07, 6.45) is 6.08. The van der Waals surface area contributed by atoms with Crippen LogP contribution < -0.4 is 5.73 Å². The van der Waals surface area contributed by atoms with E-state index in [4.69, 9.17) is 10.5 Å². The third-order valence-electron chi connectivity index (χ3n) is 4.65. The second-order valence-corrected chi connectivity index (χ2v) is 5.92. The number of nitrogens with two attached hydrogens (primary N) is 1. The Hall–Kier alpha value is -1.40. The SMILES string of the molecule is Cc1c(C(=O)N2CCOC3CCCC32)cnn1CCCN. The van der Waals surface area contributed by atoms with Crippen LogP contribution in [0, 0.1) is 6.92 Å². The van der Waals surface area contributed by atoms with Crippen LogP contribution in [0.15, 0.2) is 6.20 Å². The van der Waals surface area contributed by atoms with Crippen LogP contribution in [-0.4, -0.2) is 52.4 Å². The second-order valence-electron chi connectivity index (χ2n) is 5.92. The van der Waals surface area contributed by atoms with E-state index in [0.717, 1.165) is 43.5 Å². The number of morpholine rings is 1. The topological polar surface area (TPSA) is 73.4 Å². The number of fused-ring (bicyclic) bond motifs is 1. The summed E-state index contributed by atoms with van der Waals surface area (Å²) in [4.78, 5) is 14.8. The lowest BCUT2D eigenvalue weighted by Gasteiger charge is -2.37. The van der Waals surface area contributed by atoms with Gasteiger partial charge in [-0.3, -0.25) is 9.48 Å². The van der Waals surface area contributed by atoms with E-state index in [1.807, 2.05) is 16.5 Å². The van der Waals surface area contributed by atoms with Crippen molar-refractivity contribution in [2.24, 2.45) is 5.73 Å². The van der Waals surface area contributed by atoms with E-state index in [1.54, 1.807) is 6.20 Å². The molecule has 1 aliphatic heterocycles. The molecule has 1 amide bonds. The van der Waals surface area contributed by atoms with Gasteiger partial charge < -0.3 is 15.4 Å². The Morgan fingerprint density at radius 2 is 2.38 bits per heavy atom. The van der Waals surface area contributed by atoms with Gasteiger partial charge in [0.25, 0.3) is 5.91 Å². The molecule has 1 saturated heterocycles. The summed E-state index contributed by atoms with van der Waals surface area (Å²) in [5.41, 5.74) is 7.20. The molecule has 3 rings (SSSR count). The van der Waals surface area contributed by atoms with Gasteiger partial charge in [0.15, 0.2) is 0 Å². The maximum Gasteiger partial charge on any atom is 0.257 e. The van der Waals surface area contributed by atoms with Gasteiger partial charge in [-0.1, -0.05) is 0 Å². The molecular formula is C15H24N4O2. The third-order valence-corrected chi connectivity index (χ3v) is 4.65. The first-order valence-corrected chi connectivity index (χ1v) is 7.87. The lowest BCUT2D eigenvalue weighted by Crippen LogP contribution is -2.51. The third kappa shape index (κ3) is 2.70. The quantitative estimate of drug-likeness (QED) is 0.896. The molecule has 2 unspecified atom stereocenters. The van der Waals surface area contributed by atoms with Gasteiger partial charge in [-0.25, -0.2) is 0 Å². The predicted octanol–water partition coefficient (Wildman–Crippen LogP) is 0.934. The van der Waals surface area contributed by atoms with Crippen LogP contribution in [0.3, 0.4) is 0 Å². The summed E-state index contributed by atoms with van der Waals surface area (Å²) >= 11 is 0. The lowest BCUT2D eigenvalue weighted by molar-refractivity contribution is -0.0445. The molecule has 2 fully saturated rings. The first-order chi connectivity index (χ1) is 10.2. The minimum atomic E-state index is 0.103. The van der Waals surface area contributed by atoms with Gasteiger partial charge >= 0.3 is 0 Å². The van der Waals surface area contributed by atoms with Crippen molar-refractivity contribution in [2.45, 2.75) is 51.3 Å². The average Bonchev–Trinajstić information content (AvgIpc) is 3.10. The molecule has 2 atom stereocenters. The van der Waals surface area contributed by atoms with Crippen LogP contribution in [0.25, 0.3) is 0 Å². The van der Waals surface area contributed by atoms with Crippen molar-refractivity contribution in [1.29, 1.82) is 0 Å². The molecular weight excluding hydrogens is 268 g/mol. The molecule has 0 radical (unpaired) electrons. The molecule has 6 heteroatoms. The van der Waals surface area contributed by atoms with Gasteiger partial charge in [-0.15, -0.1) is 0 Å². The van der Waals surface area contributed by atoms with E-state index in [-0.39, 0.29) is 18.1 Å². The van der Waals surface area contributed by atoms with Crippen molar-refractivity contribution in [1.82, 2.24) is 14.7 Å². The molecule has 2 N–H and O–H groups in total. The first kappa shape index (κ1) is 14.5. The van der Waals surface area contributed by atoms with Gasteiger partial charge in [0.05, 0.1) is 30.5 Å². The number of aryl methyl sites for hydroxylation is 1. The molecule has 0 aromatic carbocycles. The van der Waals surface area contributed by atoms with Gasteiger partial charge in [0.1, 0.15) is 0 Å². The van der Waals surface area contributed by atoms with Crippen LogP contribution in [0.5, 0.6) is 0 Å². The van der Waals surface area contributed by atoms with E-state index in [0.29, 0.717) is 19.7 Å². The van der Waals surface area contributed by atoms with Crippen molar-refractivity contribution in [2.75, 3.05) is 19.7 Å². The highest BCUT2D eigenvalue weighted by atomic mass is 16.5. The molecule has 2 aliphatic rings. The van der Waals surface area contributed by atoms with Gasteiger partial charge in [0.2, 0.25) is 0 Å². The minimum absolute atomic E-state index is 0.103. The summed E-state index contributed by atoms with van der Waals surface area (Å²) in [7, 11) is 0. The Morgan fingerprint density at radius 3 is 3.19 bits per heavy atom. The summed E-state index contributed by atoms with van der Waals surface area (Å²) < 4.78 is 7.66. The van der Waals surface area contributed by atoms with Gasteiger partial charge in [0, 0.05) is 18.8 Å². The highest BCUT2D eigenvalue weighted by Crippen LogP contribution is 2.30. The first-order valence-electron chi connectivity index (χ1n) is 7.87. The number of aromatic nitrogens is 2. The molecule has 2 heterocycles. The molecule has 1 aliphatic carbocycles. The molecule has 0 bridgehead atoms. The van der Waals surface area contributed by atoms with Crippen molar-refractivity contribution in [3.8, 4) is 0 Å². The smallest absolute Gasteiger partial charge is 0.257 e.